The lowest BCUT2D eigenvalue weighted by Crippen LogP contribution is -2.26. The van der Waals surface area contributed by atoms with Crippen LogP contribution >= 0.6 is 23.2 Å². The van der Waals surface area contributed by atoms with Gasteiger partial charge in [-0.2, -0.15) is 0 Å². The maximum Gasteiger partial charge on any atom is 0.235 e. The van der Waals surface area contributed by atoms with E-state index < -0.39 is 0 Å². The predicted octanol–water partition coefficient (Wildman–Crippen LogP) is 2.46. The predicted molar refractivity (Wildman–Crippen MR) is 53.9 cm³/mol. The highest BCUT2D eigenvalue weighted by Crippen LogP contribution is 2.24. The molecule has 0 aromatic heterocycles. The third kappa shape index (κ3) is 3.13. The summed E-state index contributed by atoms with van der Waals surface area (Å²) < 4.78 is 0. The first-order chi connectivity index (χ1) is 6.09. The zero-order valence-electron chi connectivity index (χ0n) is 6.90. The zero-order chi connectivity index (χ0) is 9.84. The van der Waals surface area contributed by atoms with Crippen molar-refractivity contribution >= 4 is 34.8 Å². The van der Waals surface area contributed by atoms with E-state index in [-0.39, 0.29) is 5.91 Å². The number of hydrogen-bond acceptors (Lipinski definition) is 2. The van der Waals surface area contributed by atoms with Crippen LogP contribution in [0.25, 0.3) is 0 Å². The van der Waals surface area contributed by atoms with E-state index in [1.165, 1.54) is 6.92 Å². The van der Waals surface area contributed by atoms with Crippen LogP contribution in [0.2, 0.25) is 10.0 Å². The number of hydrazine groups is 1. The van der Waals surface area contributed by atoms with Crippen molar-refractivity contribution in [3.8, 4) is 0 Å². The van der Waals surface area contributed by atoms with Gasteiger partial charge in [0.05, 0.1) is 10.7 Å². The van der Waals surface area contributed by atoms with E-state index in [2.05, 4.69) is 10.9 Å². The molecule has 0 saturated heterocycles. The summed E-state index contributed by atoms with van der Waals surface area (Å²) in [6.45, 7) is 1.40. The van der Waals surface area contributed by atoms with Crippen LogP contribution in [-0.2, 0) is 4.79 Å². The van der Waals surface area contributed by atoms with Crippen molar-refractivity contribution in [2.24, 2.45) is 0 Å². The SMILES string of the molecule is CC(=O)NNc1ccc(Cl)cc1Cl. The minimum Gasteiger partial charge on any atom is -0.297 e. The van der Waals surface area contributed by atoms with Gasteiger partial charge in [0.25, 0.3) is 0 Å². The van der Waals surface area contributed by atoms with E-state index in [4.69, 9.17) is 23.2 Å². The molecule has 0 fully saturated rings. The third-order valence-corrected chi connectivity index (χ3v) is 1.85. The summed E-state index contributed by atoms with van der Waals surface area (Å²) >= 11 is 11.5. The molecule has 1 aromatic carbocycles. The lowest BCUT2D eigenvalue weighted by molar-refractivity contribution is -0.118. The summed E-state index contributed by atoms with van der Waals surface area (Å²) in [6.07, 6.45) is 0. The number of amides is 1. The third-order valence-electron chi connectivity index (χ3n) is 1.30. The lowest BCUT2D eigenvalue weighted by atomic mass is 10.3. The Morgan fingerprint density at radius 2 is 2.08 bits per heavy atom. The molecular formula is C8H8Cl2N2O. The summed E-state index contributed by atoms with van der Waals surface area (Å²) in [6, 6.07) is 4.95. The van der Waals surface area contributed by atoms with E-state index in [1.54, 1.807) is 18.2 Å². The van der Waals surface area contributed by atoms with Gasteiger partial charge >= 0.3 is 0 Å². The van der Waals surface area contributed by atoms with Gasteiger partial charge in [-0.25, -0.2) is 0 Å². The molecule has 0 saturated carbocycles. The lowest BCUT2D eigenvalue weighted by Gasteiger charge is -2.07. The van der Waals surface area contributed by atoms with Crippen LogP contribution in [0.4, 0.5) is 5.69 Å². The quantitative estimate of drug-likeness (QED) is 0.750. The molecule has 0 bridgehead atoms. The van der Waals surface area contributed by atoms with Gasteiger partial charge in [0.1, 0.15) is 0 Å². The zero-order valence-corrected chi connectivity index (χ0v) is 8.41. The van der Waals surface area contributed by atoms with Crippen molar-refractivity contribution in [3.05, 3.63) is 28.2 Å². The van der Waals surface area contributed by atoms with Gasteiger partial charge in [0, 0.05) is 11.9 Å². The molecule has 0 aliphatic rings. The highest BCUT2D eigenvalue weighted by Gasteiger charge is 2.00. The number of hydrogen-bond donors (Lipinski definition) is 2. The molecule has 0 heterocycles. The normalized spacial score (nSPS) is 9.46. The van der Waals surface area contributed by atoms with Crippen LogP contribution in [0.15, 0.2) is 18.2 Å². The van der Waals surface area contributed by atoms with Gasteiger partial charge < -0.3 is 0 Å². The number of carbonyl (C=O) groups excluding carboxylic acids is 1. The molecular weight excluding hydrogens is 211 g/mol. The smallest absolute Gasteiger partial charge is 0.235 e. The van der Waals surface area contributed by atoms with Crippen molar-refractivity contribution in [2.45, 2.75) is 6.92 Å². The standard InChI is InChI=1S/C8H8Cl2N2O/c1-5(13)11-12-8-3-2-6(9)4-7(8)10/h2-4,12H,1H3,(H,11,13). The van der Waals surface area contributed by atoms with E-state index in [1.807, 2.05) is 0 Å². The van der Waals surface area contributed by atoms with Gasteiger partial charge in [0.15, 0.2) is 0 Å². The second-order valence-corrected chi connectivity index (χ2v) is 3.27. The molecule has 1 amide bonds. The van der Waals surface area contributed by atoms with Gasteiger partial charge in [-0.05, 0) is 18.2 Å². The maximum atomic E-state index is 10.6. The van der Waals surface area contributed by atoms with E-state index >= 15 is 0 Å². The summed E-state index contributed by atoms with van der Waals surface area (Å²) in [5, 5.41) is 1.01. The van der Waals surface area contributed by atoms with Gasteiger partial charge in [-0.1, -0.05) is 23.2 Å². The van der Waals surface area contributed by atoms with Crippen LogP contribution in [0.5, 0.6) is 0 Å². The Labute approximate surface area is 86.0 Å². The van der Waals surface area contributed by atoms with E-state index in [0.717, 1.165) is 0 Å². The van der Waals surface area contributed by atoms with Crippen LogP contribution < -0.4 is 10.9 Å². The number of halogens is 2. The highest BCUT2D eigenvalue weighted by atomic mass is 35.5. The fraction of sp³-hybridized carbons (Fsp3) is 0.125. The highest BCUT2D eigenvalue weighted by molar-refractivity contribution is 6.36. The molecule has 13 heavy (non-hydrogen) atoms. The van der Waals surface area contributed by atoms with E-state index in [0.29, 0.717) is 15.7 Å². The minimum absolute atomic E-state index is 0.189. The molecule has 0 atom stereocenters. The average molecular weight is 219 g/mol. The number of benzene rings is 1. The molecule has 1 aromatic rings. The summed E-state index contributed by atoms with van der Waals surface area (Å²) in [5.41, 5.74) is 5.67. The van der Waals surface area contributed by atoms with Gasteiger partial charge in [0.2, 0.25) is 5.91 Å². The molecule has 3 nitrogen and oxygen atoms in total. The minimum atomic E-state index is -0.189. The topological polar surface area (TPSA) is 41.1 Å². The molecule has 5 heteroatoms. The summed E-state index contributed by atoms with van der Waals surface area (Å²) in [5.74, 6) is -0.189. The number of rotatable bonds is 2. The van der Waals surface area contributed by atoms with Crippen molar-refractivity contribution in [3.63, 3.8) is 0 Å². The number of nitrogens with one attached hydrogen (secondary N) is 2. The van der Waals surface area contributed by atoms with E-state index in [9.17, 15) is 4.79 Å². The maximum absolute atomic E-state index is 10.6. The summed E-state index contributed by atoms with van der Waals surface area (Å²) in [4.78, 5) is 10.6. The largest absolute Gasteiger partial charge is 0.297 e. The Hall–Kier alpha value is -0.930. The summed E-state index contributed by atoms with van der Waals surface area (Å²) in [7, 11) is 0. The fourth-order valence-corrected chi connectivity index (χ4v) is 1.20. The Balaban J connectivity index is 2.72. The second-order valence-electron chi connectivity index (χ2n) is 2.43. The van der Waals surface area contributed by atoms with Crippen LogP contribution in [-0.4, -0.2) is 5.91 Å². The fourth-order valence-electron chi connectivity index (χ4n) is 0.746. The van der Waals surface area contributed by atoms with Crippen molar-refractivity contribution < 1.29 is 4.79 Å². The molecule has 0 aliphatic carbocycles. The first kappa shape index (κ1) is 10.2. The van der Waals surface area contributed by atoms with Crippen molar-refractivity contribution in [2.75, 3.05) is 5.43 Å². The molecule has 0 spiro atoms. The molecule has 1 rings (SSSR count). The molecule has 0 radical (unpaired) electrons. The van der Waals surface area contributed by atoms with Crippen molar-refractivity contribution in [1.82, 2.24) is 5.43 Å². The van der Waals surface area contributed by atoms with Crippen molar-refractivity contribution in [1.29, 1.82) is 0 Å². The van der Waals surface area contributed by atoms with Gasteiger partial charge in [-0.15, -0.1) is 0 Å². The van der Waals surface area contributed by atoms with Crippen LogP contribution in [0.1, 0.15) is 6.92 Å². The molecule has 0 unspecified atom stereocenters. The molecule has 0 aliphatic heterocycles. The number of carbonyl (C=O) groups is 1. The molecule has 2 N–H and O–H groups in total. The van der Waals surface area contributed by atoms with Gasteiger partial charge in [-0.3, -0.25) is 15.6 Å². The Morgan fingerprint density at radius 1 is 1.38 bits per heavy atom. The first-order valence-electron chi connectivity index (χ1n) is 3.57. The van der Waals surface area contributed by atoms with Crippen LogP contribution in [0, 0.1) is 0 Å². The van der Waals surface area contributed by atoms with Crippen LogP contribution in [0.3, 0.4) is 0 Å². The second kappa shape index (κ2) is 4.35. The monoisotopic (exact) mass is 218 g/mol. The Kier molecular flexibility index (Phi) is 3.39. The first-order valence-corrected chi connectivity index (χ1v) is 4.33. The molecule has 70 valence electrons. The number of anilines is 1. The Morgan fingerprint density at radius 3 is 2.62 bits per heavy atom. The Bertz CT molecular complexity index is 328. The average Bonchev–Trinajstić information content (AvgIpc) is 2.02.